The fourth-order valence-electron chi connectivity index (χ4n) is 1.04. The van der Waals surface area contributed by atoms with Crippen molar-refractivity contribution in [2.75, 3.05) is 0 Å². The average molecular weight is 192 g/mol. The van der Waals surface area contributed by atoms with Crippen LogP contribution in [0, 0.1) is 13.8 Å². The van der Waals surface area contributed by atoms with Gasteiger partial charge in [0.1, 0.15) is 11.5 Å². The molecule has 0 saturated carbocycles. The Bertz CT molecular complexity index is 380. The van der Waals surface area contributed by atoms with Crippen LogP contribution < -0.4 is 4.74 Å². The van der Waals surface area contributed by atoms with Gasteiger partial charge in [0.05, 0.1) is 0 Å². The largest absolute Gasteiger partial charge is 0.508 e. The van der Waals surface area contributed by atoms with Crippen LogP contribution >= 0.6 is 0 Å². The molecule has 0 aliphatic rings. The molecule has 1 N–H and O–H groups in total. The third-order valence-electron chi connectivity index (χ3n) is 2.09. The summed E-state index contributed by atoms with van der Waals surface area (Å²) in [6.45, 7) is 6.84. The summed E-state index contributed by atoms with van der Waals surface area (Å²) in [6, 6.07) is 3.05. The van der Waals surface area contributed by atoms with E-state index in [4.69, 9.17) is 4.74 Å². The number of aromatic hydroxyl groups is 1. The number of benzene rings is 1. The average Bonchev–Trinajstić information content (AvgIpc) is 2.19. The number of esters is 1. The van der Waals surface area contributed by atoms with Crippen molar-refractivity contribution in [3.05, 3.63) is 35.9 Å². The van der Waals surface area contributed by atoms with Gasteiger partial charge in [0.25, 0.3) is 0 Å². The van der Waals surface area contributed by atoms with Crippen molar-refractivity contribution < 1.29 is 14.6 Å². The van der Waals surface area contributed by atoms with E-state index in [0.717, 1.165) is 11.6 Å². The Morgan fingerprint density at radius 1 is 1.43 bits per heavy atom. The van der Waals surface area contributed by atoms with E-state index in [2.05, 4.69) is 6.58 Å². The third-order valence-corrected chi connectivity index (χ3v) is 2.09. The standard InChI is InChI=1S/C11H12O3/c1-4-11(13)14-10-6-5-9(12)7(2)8(10)3/h4-6,12H,1H2,2-3H3. The van der Waals surface area contributed by atoms with Crippen LogP contribution in [0.5, 0.6) is 11.5 Å². The zero-order valence-corrected chi connectivity index (χ0v) is 8.20. The zero-order chi connectivity index (χ0) is 10.7. The molecule has 0 saturated heterocycles. The second-order valence-corrected chi connectivity index (χ2v) is 2.96. The lowest BCUT2D eigenvalue weighted by Gasteiger charge is -2.08. The van der Waals surface area contributed by atoms with Gasteiger partial charge in [-0.05, 0) is 37.1 Å². The van der Waals surface area contributed by atoms with Crippen molar-refractivity contribution in [1.82, 2.24) is 0 Å². The van der Waals surface area contributed by atoms with E-state index in [0.29, 0.717) is 11.3 Å². The number of carbonyl (C=O) groups is 1. The van der Waals surface area contributed by atoms with Gasteiger partial charge >= 0.3 is 5.97 Å². The first-order chi connectivity index (χ1) is 6.56. The van der Waals surface area contributed by atoms with Crippen molar-refractivity contribution in [3.63, 3.8) is 0 Å². The molecule has 0 spiro atoms. The second kappa shape index (κ2) is 3.96. The van der Waals surface area contributed by atoms with Crippen LogP contribution in [0.4, 0.5) is 0 Å². The highest BCUT2D eigenvalue weighted by Crippen LogP contribution is 2.27. The number of ether oxygens (including phenoxy) is 1. The molecule has 0 bridgehead atoms. The van der Waals surface area contributed by atoms with Gasteiger partial charge < -0.3 is 9.84 Å². The van der Waals surface area contributed by atoms with E-state index >= 15 is 0 Å². The zero-order valence-electron chi connectivity index (χ0n) is 8.20. The van der Waals surface area contributed by atoms with Crippen LogP contribution in [0.25, 0.3) is 0 Å². The topological polar surface area (TPSA) is 46.5 Å². The summed E-state index contributed by atoms with van der Waals surface area (Å²) >= 11 is 0. The van der Waals surface area contributed by atoms with Crippen molar-refractivity contribution >= 4 is 5.97 Å². The van der Waals surface area contributed by atoms with Crippen LogP contribution in [0.2, 0.25) is 0 Å². The SMILES string of the molecule is C=CC(=O)Oc1ccc(O)c(C)c1C. The molecule has 0 heterocycles. The maximum atomic E-state index is 10.9. The predicted octanol–water partition coefficient (Wildman–Crippen LogP) is 2.10. The van der Waals surface area contributed by atoms with Crippen molar-refractivity contribution in [2.45, 2.75) is 13.8 Å². The lowest BCUT2D eigenvalue weighted by Crippen LogP contribution is -2.04. The number of rotatable bonds is 2. The van der Waals surface area contributed by atoms with Gasteiger partial charge in [0.2, 0.25) is 0 Å². The Morgan fingerprint density at radius 3 is 2.64 bits per heavy atom. The van der Waals surface area contributed by atoms with Gasteiger partial charge in [-0.15, -0.1) is 0 Å². The number of carbonyl (C=O) groups excluding carboxylic acids is 1. The van der Waals surface area contributed by atoms with E-state index in [9.17, 15) is 9.90 Å². The number of hydrogen-bond donors (Lipinski definition) is 1. The summed E-state index contributed by atoms with van der Waals surface area (Å²) in [5, 5.41) is 9.36. The molecule has 0 amide bonds. The molecule has 0 radical (unpaired) electrons. The Kier molecular flexibility index (Phi) is 2.92. The summed E-state index contributed by atoms with van der Waals surface area (Å²) in [4.78, 5) is 10.9. The Balaban J connectivity index is 3.05. The lowest BCUT2D eigenvalue weighted by molar-refractivity contribution is -0.129. The molecule has 0 unspecified atom stereocenters. The minimum atomic E-state index is -0.502. The molecule has 0 aromatic heterocycles. The summed E-state index contributed by atoms with van der Waals surface area (Å²) in [5.74, 6) is 0.143. The Labute approximate surface area is 82.6 Å². The molecule has 14 heavy (non-hydrogen) atoms. The molecule has 1 aromatic rings. The van der Waals surface area contributed by atoms with Crippen LogP contribution in [0.3, 0.4) is 0 Å². The smallest absolute Gasteiger partial charge is 0.335 e. The van der Waals surface area contributed by atoms with Crippen LogP contribution in [-0.2, 0) is 4.79 Å². The normalized spacial score (nSPS) is 9.57. The monoisotopic (exact) mass is 192 g/mol. The Morgan fingerprint density at radius 2 is 2.07 bits per heavy atom. The van der Waals surface area contributed by atoms with Crippen molar-refractivity contribution in [1.29, 1.82) is 0 Å². The van der Waals surface area contributed by atoms with E-state index in [1.165, 1.54) is 6.07 Å². The number of hydrogen-bond acceptors (Lipinski definition) is 3. The van der Waals surface area contributed by atoms with Gasteiger partial charge in [-0.2, -0.15) is 0 Å². The van der Waals surface area contributed by atoms with E-state index < -0.39 is 5.97 Å². The minimum Gasteiger partial charge on any atom is -0.508 e. The van der Waals surface area contributed by atoms with Crippen LogP contribution in [0.15, 0.2) is 24.8 Å². The van der Waals surface area contributed by atoms with E-state index in [1.807, 2.05) is 0 Å². The molecule has 0 fully saturated rings. The van der Waals surface area contributed by atoms with Gasteiger partial charge in [-0.1, -0.05) is 6.58 Å². The highest BCUT2D eigenvalue weighted by Gasteiger charge is 2.08. The summed E-state index contributed by atoms with van der Waals surface area (Å²) in [5.41, 5.74) is 1.46. The molecule has 0 atom stereocenters. The molecular formula is C11H12O3. The molecule has 3 heteroatoms. The molecule has 0 aliphatic heterocycles. The van der Waals surface area contributed by atoms with Gasteiger partial charge in [-0.25, -0.2) is 4.79 Å². The van der Waals surface area contributed by atoms with Gasteiger partial charge in [0.15, 0.2) is 0 Å². The maximum absolute atomic E-state index is 10.9. The van der Waals surface area contributed by atoms with Crippen molar-refractivity contribution in [2.24, 2.45) is 0 Å². The van der Waals surface area contributed by atoms with Gasteiger partial charge in [-0.3, -0.25) is 0 Å². The fraction of sp³-hybridized carbons (Fsp3) is 0.182. The first-order valence-electron chi connectivity index (χ1n) is 4.19. The fourth-order valence-corrected chi connectivity index (χ4v) is 1.04. The molecule has 1 rings (SSSR count). The molecule has 0 aliphatic carbocycles. The molecule has 74 valence electrons. The molecule has 1 aromatic carbocycles. The quantitative estimate of drug-likeness (QED) is 0.443. The third kappa shape index (κ3) is 1.93. The minimum absolute atomic E-state index is 0.195. The number of phenolic OH excluding ortho intramolecular Hbond substituents is 1. The first kappa shape index (κ1) is 10.3. The van der Waals surface area contributed by atoms with Crippen molar-refractivity contribution in [3.8, 4) is 11.5 Å². The molecule has 3 nitrogen and oxygen atoms in total. The summed E-state index contributed by atoms with van der Waals surface area (Å²) in [7, 11) is 0. The predicted molar refractivity (Wildman–Crippen MR) is 53.4 cm³/mol. The first-order valence-corrected chi connectivity index (χ1v) is 4.19. The summed E-state index contributed by atoms with van der Waals surface area (Å²) in [6.07, 6.45) is 1.10. The van der Waals surface area contributed by atoms with Crippen LogP contribution in [-0.4, -0.2) is 11.1 Å². The highest BCUT2D eigenvalue weighted by atomic mass is 16.5. The van der Waals surface area contributed by atoms with Crippen LogP contribution in [0.1, 0.15) is 11.1 Å². The molecular weight excluding hydrogens is 180 g/mol. The summed E-state index contributed by atoms with van der Waals surface area (Å²) < 4.78 is 4.96. The van der Waals surface area contributed by atoms with E-state index in [-0.39, 0.29) is 5.75 Å². The number of phenols is 1. The highest BCUT2D eigenvalue weighted by molar-refractivity contribution is 5.83. The van der Waals surface area contributed by atoms with Gasteiger partial charge in [0, 0.05) is 6.08 Å². The van der Waals surface area contributed by atoms with E-state index in [1.54, 1.807) is 19.9 Å². The maximum Gasteiger partial charge on any atom is 0.335 e. The Hall–Kier alpha value is -1.77. The lowest BCUT2D eigenvalue weighted by atomic mass is 10.1. The second-order valence-electron chi connectivity index (χ2n) is 2.96.